The summed E-state index contributed by atoms with van der Waals surface area (Å²) >= 11 is 0. The second kappa shape index (κ2) is 4.07. The lowest BCUT2D eigenvalue weighted by molar-refractivity contribution is -0.145. The monoisotopic (exact) mass is 294 g/mol. The Bertz CT molecular complexity index is 586. The fraction of sp³-hybridized carbons (Fsp3) is 0.643. The lowest BCUT2D eigenvalue weighted by Gasteiger charge is -2.45. The van der Waals surface area contributed by atoms with Crippen LogP contribution in [0.1, 0.15) is 20.8 Å². The summed E-state index contributed by atoms with van der Waals surface area (Å²) in [5.74, 6) is -1.54. The first-order valence-electron chi connectivity index (χ1n) is 6.89. The standard InChI is InChI=1S/C14H18N2O5/c1-6-5-14(3)10(16(7(6)2)13(19)20)8-9(21-14)12(18)15(4)11(8)17/h5,7-10H,1-4H3,(H,19,20). The average molecular weight is 294 g/mol. The van der Waals surface area contributed by atoms with Crippen LogP contribution < -0.4 is 0 Å². The molecule has 0 saturated carbocycles. The van der Waals surface area contributed by atoms with Crippen LogP contribution in [0.3, 0.4) is 0 Å². The number of rotatable bonds is 0. The molecule has 1 N–H and O–H groups in total. The van der Waals surface area contributed by atoms with Crippen LogP contribution in [0.5, 0.6) is 0 Å². The highest BCUT2D eigenvalue weighted by molar-refractivity contribution is 6.07. The highest BCUT2D eigenvalue weighted by Crippen LogP contribution is 2.48. The quantitative estimate of drug-likeness (QED) is 0.518. The van der Waals surface area contributed by atoms with E-state index in [0.717, 1.165) is 10.5 Å². The topological polar surface area (TPSA) is 87.2 Å². The zero-order valence-corrected chi connectivity index (χ0v) is 12.4. The average Bonchev–Trinajstić information content (AvgIpc) is 2.79. The van der Waals surface area contributed by atoms with E-state index in [1.165, 1.54) is 11.9 Å². The Morgan fingerprint density at radius 2 is 2.00 bits per heavy atom. The molecule has 3 aliphatic heterocycles. The van der Waals surface area contributed by atoms with E-state index in [-0.39, 0.29) is 11.9 Å². The maximum absolute atomic E-state index is 12.3. The molecule has 0 aliphatic carbocycles. The van der Waals surface area contributed by atoms with Crippen LogP contribution in [-0.4, -0.2) is 63.7 Å². The summed E-state index contributed by atoms with van der Waals surface area (Å²) < 4.78 is 5.84. The fourth-order valence-corrected chi connectivity index (χ4v) is 3.82. The molecule has 5 atom stereocenters. The number of carbonyl (C=O) groups excluding carboxylic acids is 2. The number of ether oxygens (including phenoxy) is 1. The first-order chi connectivity index (χ1) is 9.69. The van der Waals surface area contributed by atoms with Gasteiger partial charge in [-0.25, -0.2) is 4.79 Å². The Labute approximate surface area is 122 Å². The third-order valence-corrected chi connectivity index (χ3v) is 4.94. The molecule has 3 heterocycles. The van der Waals surface area contributed by atoms with Gasteiger partial charge in [0.1, 0.15) is 5.60 Å². The molecule has 2 saturated heterocycles. The van der Waals surface area contributed by atoms with Gasteiger partial charge in [-0.05, 0) is 20.8 Å². The highest BCUT2D eigenvalue weighted by Gasteiger charge is 2.66. The van der Waals surface area contributed by atoms with E-state index < -0.39 is 35.7 Å². The molecule has 0 spiro atoms. The van der Waals surface area contributed by atoms with Crippen molar-refractivity contribution in [1.29, 1.82) is 0 Å². The van der Waals surface area contributed by atoms with Crippen LogP contribution in [0.15, 0.2) is 11.6 Å². The Kier molecular flexibility index (Phi) is 2.72. The van der Waals surface area contributed by atoms with Crippen molar-refractivity contribution >= 4 is 17.9 Å². The minimum absolute atomic E-state index is 0.350. The number of carboxylic acid groups (broad SMARTS) is 1. The third kappa shape index (κ3) is 1.61. The highest BCUT2D eigenvalue weighted by atomic mass is 16.5. The SMILES string of the molecule is CC1=CC2(C)OC3C(=O)N(C)C(=O)C3C2N(C(=O)O)C1C. The summed E-state index contributed by atoms with van der Waals surface area (Å²) in [5.41, 5.74) is -0.0962. The number of imide groups is 1. The molecule has 3 aliphatic rings. The third-order valence-electron chi connectivity index (χ3n) is 4.94. The normalized spacial score (nSPS) is 42.0. The minimum Gasteiger partial charge on any atom is -0.465 e. The van der Waals surface area contributed by atoms with E-state index in [4.69, 9.17) is 4.74 Å². The molecule has 5 unspecified atom stereocenters. The summed E-state index contributed by atoms with van der Waals surface area (Å²) in [7, 11) is 1.40. The Hall–Kier alpha value is -1.89. The summed E-state index contributed by atoms with van der Waals surface area (Å²) in [6.07, 6.45) is -0.153. The summed E-state index contributed by atoms with van der Waals surface area (Å²) in [6, 6.07) is -1.03. The number of carbonyl (C=O) groups is 3. The van der Waals surface area contributed by atoms with Crippen molar-refractivity contribution in [2.24, 2.45) is 5.92 Å². The number of hydrogen-bond acceptors (Lipinski definition) is 4. The molecule has 3 amide bonds. The fourth-order valence-electron chi connectivity index (χ4n) is 3.82. The second-order valence-electron chi connectivity index (χ2n) is 6.18. The van der Waals surface area contributed by atoms with Crippen LogP contribution in [0.4, 0.5) is 4.79 Å². The van der Waals surface area contributed by atoms with Gasteiger partial charge in [-0.2, -0.15) is 0 Å². The second-order valence-corrected chi connectivity index (χ2v) is 6.18. The molecule has 114 valence electrons. The number of likely N-dealkylation sites (tertiary alicyclic amines) is 1. The molecule has 3 rings (SSSR count). The molecule has 21 heavy (non-hydrogen) atoms. The van der Waals surface area contributed by atoms with Crippen LogP contribution in [-0.2, 0) is 14.3 Å². The van der Waals surface area contributed by atoms with Crippen LogP contribution >= 0.6 is 0 Å². The van der Waals surface area contributed by atoms with Crippen molar-refractivity contribution in [2.75, 3.05) is 7.05 Å². The van der Waals surface area contributed by atoms with Crippen LogP contribution in [0.2, 0.25) is 0 Å². The lowest BCUT2D eigenvalue weighted by Crippen LogP contribution is -2.60. The van der Waals surface area contributed by atoms with Gasteiger partial charge in [-0.15, -0.1) is 0 Å². The molecular weight excluding hydrogens is 276 g/mol. The van der Waals surface area contributed by atoms with Gasteiger partial charge in [-0.1, -0.05) is 11.6 Å². The van der Waals surface area contributed by atoms with E-state index in [1.54, 1.807) is 13.8 Å². The smallest absolute Gasteiger partial charge is 0.408 e. The van der Waals surface area contributed by atoms with E-state index in [9.17, 15) is 19.5 Å². The van der Waals surface area contributed by atoms with E-state index in [0.29, 0.717) is 0 Å². The van der Waals surface area contributed by atoms with Crippen LogP contribution in [0, 0.1) is 5.92 Å². The maximum Gasteiger partial charge on any atom is 0.408 e. The molecule has 0 radical (unpaired) electrons. The zero-order valence-electron chi connectivity index (χ0n) is 12.4. The largest absolute Gasteiger partial charge is 0.465 e. The predicted octanol–water partition coefficient (Wildman–Crippen LogP) is 0.456. The van der Waals surface area contributed by atoms with Gasteiger partial charge in [0.2, 0.25) is 5.91 Å². The van der Waals surface area contributed by atoms with Crippen LogP contribution in [0.25, 0.3) is 0 Å². The molecular formula is C14H18N2O5. The van der Waals surface area contributed by atoms with Crippen molar-refractivity contribution in [2.45, 2.75) is 44.6 Å². The number of likely N-dealkylation sites (N-methyl/N-ethyl adjacent to an activating group) is 1. The van der Waals surface area contributed by atoms with Gasteiger partial charge in [0.25, 0.3) is 5.91 Å². The summed E-state index contributed by atoms with van der Waals surface area (Å²) in [5, 5.41) is 9.56. The Morgan fingerprint density at radius 1 is 1.38 bits per heavy atom. The van der Waals surface area contributed by atoms with Gasteiger partial charge < -0.3 is 9.84 Å². The van der Waals surface area contributed by atoms with Crippen molar-refractivity contribution < 1.29 is 24.2 Å². The molecule has 7 heteroatoms. The minimum atomic E-state index is -1.11. The van der Waals surface area contributed by atoms with Crippen molar-refractivity contribution in [3.8, 4) is 0 Å². The van der Waals surface area contributed by atoms with Crippen molar-refractivity contribution in [1.82, 2.24) is 9.80 Å². The first-order valence-corrected chi connectivity index (χ1v) is 6.89. The van der Waals surface area contributed by atoms with Gasteiger partial charge in [-0.3, -0.25) is 19.4 Å². The number of hydrogen-bond donors (Lipinski definition) is 1. The van der Waals surface area contributed by atoms with E-state index in [1.807, 2.05) is 13.0 Å². The van der Waals surface area contributed by atoms with Gasteiger partial charge >= 0.3 is 6.09 Å². The zero-order chi connectivity index (χ0) is 15.7. The molecule has 2 fully saturated rings. The number of fused-ring (bicyclic) bond motifs is 3. The van der Waals surface area contributed by atoms with Gasteiger partial charge in [0, 0.05) is 7.05 Å². The molecule has 0 aromatic heterocycles. The number of nitrogens with zero attached hydrogens (tertiary/aromatic N) is 2. The maximum atomic E-state index is 12.3. The Morgan fingerprint density at radius 3 is 2.57 bits per heavy atom. The summed E-state index contributed by atoms with van der Waals surface area (Å²) in [6.45, 7) is 5.34. The Balaban J connectivity index is 2.13. The predicted molar refractivity (Wildman–Crippen MR) is 71.4 cm³/mol. The first kappa shape index (κ1) is 14.1. The van der Waals surface area contributed by atoms with Gasteiger partial charge in [0.15, 0.2) is 6.10 Å². The van der Waals surface area contributed by atoms with Gasteiger partial charge in [0.05, 0.1) is 18.0 Å². The molecule has 0 aromatic carbocycles. The van der Waals surface area contributed by atoms with Crippen molar-refractivity contribution in [3.05, 3.63) is 11.6 Å². The molecule has 0 aromatic rings. The number of amides is 3. The van der Waals surface area contributed by atoms with Crippen molar-refractivity contribution in [3.63, 3.8) is 0 Å². The molecule has 0 bridgehead atoms. The van der Waals surface area contributed by atoms with E-state index >= 15 is 0 Å². The molecule has 7 nitrogen and oxygen atoms in total. The van der Waals surface area contributed by atoms with E-state index in [2.05, 4.69) is 0 Å². The summed E-state index contributed by atoms with van der Waals surface area (Å²) in [4.78, 5) is 38.4. The lowest BCUT2D eigenvalue weighted by atomic mass is 9.80.